The topological polar surface area (TPSA) is 107 Å². The lowest BCUT2D eigenvalue weighted by molar-refractivity contribution is 0.416. The zero-order valence-electron chi connectivity index (χ0n) is 20.4. The highest BCUT2D eigenvalue weighted by Crippen LogP contribution is 2.39. The number of nitrogens with one attached hydrogen (secondary N) is 1. The van der Waals surface area contributed by atoms with Crippen LogP contribution in [0.2, 0.25) is 0 Å². The predicted octanol–water partition coefficient (Wildman–Crippen LogP) is 5.56. The Morgan fingerprint density at radius 2 is 1.81 bits per heavy atom. The Morgan fingerprint density at radius 1 is 0.946 bits per heavy atom. The lowest BCUT2D eigenvalue weighted by Crippen LogP contribution is -2.13. The number of aryl methyl sites for hydroxylation is 3. The Bertz CT molecular complexity index is 1750. The number of sulfonamides is 1. The summed E-state index contributed by atoms with van der Waals surface area (Å²) in [6, 6.07) is 17.0. The van der Waals surface area contributed by atoms with Crippen LogP contribution in [0, 0.1) is 6.92 Å². The fourth-order valence-electron chi connectivity index (χ4n) is 4.97. The summed E-state index contributed by atoms with van der Waals surface area (Å²) in [6.07, 6.45) is 6.21. The zero-order chi connectivity index (χ0) is 25.6. The van der Waals surface area contributed by atoms with Gasteiger partial charge in [-0.2, -0.15) is 0 Å². The highest BCUT2D eigenvalue weighted by molar-refractivity contribution is 7.92. The third-order valence-electron chi connectivity index (χ3n) is 6.81. The highest BCUT2D eigenvalue weighted by atomic mass is 32.2. The molecule has 2 aromatic heterocycles. The van der Waals surface area contributed by atoms with Crippen LogP contribution in [0.3, 0.4) is 0 Å². The minimum absolute atomic E-state index is 0.0581. The average molecular weight is 513 g/mol. The van der Waals surface area contributed by atoms with Gasteiger partial charge in [-0.1, -0.05) is 23.4 Å². The monoisotopic (exact) mass is 512 g/mol. The second-order valence-corrected chi connectivity index (χ2v) is 10.8. The number of rotatable bonds is 6. The van der Waals surface area contributed by atoms with Gasteiger partial charge in [0.1, 0.15) is 18.3 Å². The van der Waals surface area contributed by atoms with Crippen LogP contribution in [0.15, 0.2) is 76.6 Å². The molecule has 37 heavy (non-hydrogen) atoms. The van der Waals surface area contributed by atoms with Crippen LogP contribution in [0.4, 0.5) is 5.82 Å². The van der Waals surface area contributed by atoms with Crippen molar-refractivity contribution in [1.29, 1.82) is 0 Å². The van der Waals surface area contributed by atoms with Gasteiger partial charge in [0.2, 0.25) is 0 Å². The molecule has 6 rings (SSSR count). The second kappa shape index (κ2) is 9.01. The van der Waals surface area contributed by atoms with E-state index in [0.717, 1.165) is 29.5 Å². The van der Waals surface area contributed by atoms with E-state index in [9.17, 15) is 8.42 Å². The van der Waals surface area contributed by atoms with Crippen LogP contribution >= 0.6 is 0 Å². The summed E-state index contributed by atoms with van der Waals surface area (Å²) in [5.41, 5.74) is 8.21. The largest absolute Gasteiger partial charge is 0.496 e. The van der Waals surface area contributed by atoms with E-state index in [1.54, 1.807) is 13.2 Å². The molecule has 9 heteroatoms. The molecular weight excluding hydrogens is 488 g/mol. The van der Waals surface area contributed by atoms with E-state index in [1.807, 2.05) is 0 Å². The van der Waals surface area contributed by atoms with Crippen LogP contribution in [0.5, 0.6) is 5.75 Å². The summed E-state index contributed by atoms with van der Waals surface area (Å²) in [5, 5.41) is 4.33. The van der Waals surface area contributed by atoms with E-state index in [2.05, 4.69) is 57.1 Å². The van der Waals surface area contributed by atoms with Crippen LogP contribution in [0.1, 0.15) is 23.1 Å². The average Bonchev–Trinajstić information content (AvgIpc) is 3.59. The minimum atomic E-state index is -3.87. The van der Waals surface area contributed by atoms with E-state index in [4.69, 9.17) is 9.26 Å². The first-order valence-corrected chi connectivity index (χ1v) is 13.4. The summed E-state index contributed by atoms with van der Waals surface area (Å²) in [7, 11) is -2.23. The summed E-state index contributed by atoms with van der Waals surface area (Å²) < 4.78 is 38.6. The number of fused-ring (bicyclic) bond motifs is 2. The zero-order valence-corrected chi connectivity index (χ0v) is 21.2. The molecule has 1 N–H and O–H groups in total. The molecular formula is C28H24N4O4S. The number of hydrogen-bond acceptors (Lipinski definition) is 7. The number of benzene rings is 3. The smallest absolute Gasteiger partial charge is 0.263 e. The van der Waals surface area contributed by atoms with Gasteiger partial charge in [0, 0.05) is 17.0 Å². The molecule has 2 heterocycles. The number of methoxy groups -OCH3 is 1. The molecule has 0 amide bonds. The third-order valence-corrected chi connectivity index (χ3v) is 8.16. The number of ether oxygens (including phenoxy) is 1. The molecule has 0 bridgehead atoms. The summed E-state index contributed by atoms with van der Waals surface area (Å²) in [6.45, 7) is 2.08. The maximum atomic E-state index is 12.8. The van der Waals surface area contributed by atoms with Gasteiger partial charge in [0.05, 0.1) is 23.2 Å². The second-order valence-electron chi connectivity index (χ2n) is 9.10. The molecule has 0 radical (unpaired) electrons. The molecule has 0 atom stereocenters. The van der Waals surface area contributed by atoms with Gasteiger partial charge >= 0.3 is 0 Å². The number of nitrogens with zero attached hydrogens (tertiary/aromatic N) is 3. The Hall–Kier alpha value is -4.24. The Balaban J connectivity index is 1.42. The molecule has 0 spiro atoms. The fourth-order valence-corrected chi connectivity index (χ4v) is 5.99. The fraction of sp³-hybridized carbons (Fsp3) is 0.179. The molecule has 3 aromatic carbocycles. The Morgan fingerprint density at radius 3 is 2.62 bits per heavy atom. The normalized spacial score (nSPS) is 13.0. The standard InChI is InChI=1S/C28H24N4O4S/c1-17-12-24(26(35-2)15-23(17)20-7-6-18-4-3-5-19(18)13-20)28-22-9-8-21(14-25(22)29-16-30-28)37(33,34)32-27-10-11-36-31-27/h6-16H,3-5H2,1-2H3,(H,31,32). The van der Waals surface area contributed by atoms with Crippen molar-refractivity contribution in [3.8, 4) is 28.1 Å². The number of aromatic nitrogens is 3. The quantitative estimate of drug-likeness (QED) is 0.317. The van der Waals surface area contributed by atoms with E-state index in [0.29, 0.717) is 22.3 Å². The minimum Gasteiger partial charge on any atom is -0.496 e. The van der Waals surface area contributed by atoms with Crippen molar-refractivity contribution in [1.82, 2.24) is 15.1 Å². The summed E-state index contributed by atoms with van der Waals surface area (Å²) in [4.78, 5) is 8.95. The van der Waals surface area contributed by atoms with Gasteiger partial charge in [0.25, 0.3) is 10.0 Å². The number of anilines is 1. The van der Waals surface area contributed by atoms with Crippen molar-refractivity contribution in [2.24, 2.45) is 0 Å². The van der Waals surface area contributed by atoms with Crippen molar-refractivity contribution in [3.05, 3.63) is 83.9 Å². The molecule has 8 nitrogen and oxygen atoms in total. The van der Waals surface area contributed by atoms with Crippen LogP contribution < -0.4 is 9.46 Å². The lowest BCUT2D eigenvalue weighted by Gasteiger charge is -2.16. The Kier molecular flexibility index (Phi) is 5.64. The number of hydrogen-bond donors (Lipinski definition) is 1. The first kappa shape index (κ1) is 23.2. The molecule has 1 aliphatic carbocycles. The summed E-state index contributed by atoms with van der Waals surface area (Å²) >= 11 is 0. The van der Waals surface area contributed by atoms with E-state index in [1.165, 1.54) is 53.9 Å². The van der Waals surface area contributed by atoms with Crippen molar-refractivity contribution < 1.29 is 17.7 Å². The SMILES string of the molecule is COc1cc(-c2ccc3c(c2)CCC3)c(C)cc1-c1ncnc2cc(S(=O)(=O)Nc3ccon3)ccc12. The van der Waals surface area contributed by atoms with Crippen LogP contribution in [-0.4, -0.2) is 30.7 Å². The first-order chi connectivity index (χ1) is 17.9. The van der Waals surface area contributed by atoms with Gasteiger partial charge in [0.15, 0.2) is 5.82 Å². The Labute approximate surface area is 214 Å². The highest BCUT2D eigenvalue weighted by Gasteiger charge is 2.20. The van der Waals surface area contributed by atoms with E-state index >= 15 is 0 Å². The third kappa shape index (κ3) is 4.21. The van der Waals surface area contributed by atoms with E-state index < -0.39 is 10.0 Å². The van der Waals surface area contributed by atoms with Crippen molar-refractivity contribution in [2.75, 3.05) is 11.8 Å². The summed E-state index contributed by atoms with van der Waals surface area (Å²) in [5.74, 6) is 0.789. The predicted molar refractivity (Wildman–Crippen MR) is 141 cm³/mol. The molecule has 0 aliphatic heterocycles. The van der Waals surface area contributed by atoms with Crippen LogP contribution in [-0.2, 0) is 22.9 Å². The van der Waals surface area contributed by atoms with Crippen molar-refractivity contribution >= 4 is 26.7 Å². The molecule has 0 unspecified atom stereocenters. The maximum absolute atomic E-state index is 12.8. The molecule has 0 fully saturated rings. The van der Waals surface area contributed by atoms with Gasteiger partial charge in [-0.15, -0.1) is 0 Å². The van der Waals surface area contributed by atoms with Gasteiger partial charge < -0.3 is 9.26 Å². The van der Waals surface area contributed by atoms with Crippen molar-refractivity contribution in [2.45, 2.75) is 31.1 Å². The van der Waals surface area contributed by atoms with Gasteiger partial charge in [-0.05, 0) is 84.3 Å². The molecule has 1 aliphatic rings. The molecule has 0 saturated carbocycles. The first-order valence-electron chi connectivity index (χ1n) is 11.9. The maximum Gasteiger partial charge on any atom is 0.263 e. The van der Waals surface area contributed by atoms with E-state index in [-0.39, 0.29) is 10.7 Å². The molecule has 5 aromatic rings. The van der Waals surface area contributed by atoms with Crippen molar-refractivity contribution in [3.63, 3.8) is 0 Å². The van der Waals surface area contributed by atoms with Gasteiger partial charge in [-0.25, -0.2) is 18.4 Å². The van der Waals surface area contributed by atoms with Gasteiger partial charge in [-0.3, -0.25) is 4.72 Å². The molecule has 0 saturated heterocycles. The molecule has 186 valence electrons. The van der Waals surface area contributed by atoms with Crippen LogP contribution in [0.25, 0.3) is 33.3 Å². The lowest BCUT2D eigenvalue weighted by atomic mass is 9.93.